The third kappa shape index (κ3) is 5.00. The molecule has 30 heavy (non-hydrogen) atoms. The maximum atomic E-state index is 13.1. The lowest BCUT2D eigenvalue weighted by atomic mass is 10.0. The minimum Gasteiger partial charge on any atom is -0.355 e. The van der Waals surface area contributed by atoms with Gasteiger partial charge in [0.2, 0.25) is 11.8 Å². The fourth-order valence-corrected chi connectivity index (χ4v) is 3.85. The normalized spacial score (nSPS) is 18.0. The van der Waals surface area contributed by atoms with E-state index in [2.05, 4.69) is 47.1 Å². The molecule has 3 N–H and O–H groups in total. The second-order valence-corrected chi connectivity index (χ2v) is 8.00. The summed E-state index contributed by atoms with van der Waals surface area (Å²) in [6, 6.07) is 15.6. The van der Waals surface area contributed by atoms with Crippen LogP contribution in [0.3, 0.4) is 0 Å². The molecular weight excluding hydrogens is 376 g/mol. The fraction of sp³-hybridized carbons (Fsp3) is 0.417. The third-order valence-corrected chi connectivity index (χ3v) is 5.79. The number of hydrogen-bond acceptors (Lipinski definition) is 4. The first-order valence-electron chi connectivity index (χ1n) is 10.6. The summed E-state index contributed by atoms with van der Waals surface area (Å²) in [5.41, 5.74) is 4.37. The van der Waals surface area contributed by atoms with Crippen LogP contribution in [0, 0.1) is 6.92 Å². The maximum Gasteiger partial charge on any atom is 0.245 e. The number of rotatable bonds is 7. The zero-order valence-electron chi connectivity index (χ0n) is 18.2. The van der Waals surface area contributed by atoms with Gasteiger partial charge in [0.15, 0.2) is 0 Å². The van der Waals surface area contributed by atoms with Gasteiger partial charge < -0.3 is 20.9 Å². The summed E-state index contributed by atoms with van der Waals surface area (Å²) in [5.74, 6) is -0.204. The Bertz CT molecular complexity index is 898. The number of amides is 2. The van der Waals surface area contributed by atoms with Crippen molar-refractivity contribution >= 4 is 23.2 Å². The summed E-state index contributed by atoms with van der Waals surface area (Å²) in [7, 11) is 1.73. The Hall–Kier alpha value is -2.86. The van der Waals surface area contributed by atoms with E-state index in [1.807, 2.05) is 29.2 Å². The lowest BCUT2D eigenvalue weighted by Crippen LogP contribution is -2.51. The van der Waals surface area contributed by atoms with Crippen LogP contribution in [0.25, 0.3) is 0 Å². The molecule has 160 valence electrons. The molecule has 0 aliphatic carbocycles. The van der Waals surface area contributed by atoms with E-state index >= 15 is 0 Å². The molecule has 0 radical (unpaired) electrons. The summed E-state index contributed by atoms with van der Waals surface area (Å²) in [5, 5.41) is 9.20. The zero-order valence-corrected chi connectivity index (χ0v) is 18.2. The van der Waals surface area contributed by atoms with Crippen molar-refractivity contribution in [1.29, 1.82) is 0 Å². The molecule has 1 fully saturated rings. The van der Waals surface area contributed by atoms with Crippen LogP contribution >= 0.6 is 0 Å². The lowest BCUT2D eigenvalue weighted by Gasteiger charge is -2.29. The Morgan fingerprint density at radius 2 is 1.83 bits per heavy atom. The quantitative estimate of drug-likeness (QED) is 0.655. The monoisotopic (exact) mass is 408 g/mol. The molecule has 0 aromatic heterocycles. The van der Waals surface area contributed by atoms with Crippen LogP contribution in [0.5, 0.6) is 0 Å². The lowest BCUT2D eigenvalue weighted by molar-refractivity contribution is -0.137. The van der Waals surface area contributed by atoms with Gasteiger partial charge in [-0.15, -0.1) is 0 Å². The van der Waals surface area contributed by atoms with Crippen molar-refractivity contribution in [1.82, 2.24) is 15.5 Å². The number of para-hydroxylation sites is 1. The van der Waals surface area contributed by atoms with Gasteiger partial charge in [0.25, 0.3) is 0 Å². The summed E-state index contributed by atoms with van der Waals surface area (Å²) >= 11 is 0. The third-order valence-electron chi connectivity index (χ3n) is 5.79. The predicted molar refractivity (Wildman–Crippen MR) is 121 cm³/mol. The first-order valence-corrected chi connectivity index (χ1v) is 10.6. The first kappa shape index (κ1) is 21.8. The van der Waals surface area contributed by atoms with Gasteiger partial charge in [0, 0.05) is 17.9 Å². The minimum atomic E-state index is -0.554. The average Bonchev–Trinajstić information content (AvgIpc) is 3.24. The molecule has 1 saturated heterocycles. The van der Waals surface area contributed by atoms with E-state index in [-0.39, 0.29) is 23.9 Å². The average molecular weight is 409 g/mol. The molecule has 6 heteroatoms. The summed E-state index contributed by atoms with van der Waals surface area (Å²) in [4.78, 5) is 27.1. The number of likely N-dealkylation sites (tertiary alicyclic amines) is 1. The van der Waals surface area contributed by atoms with Crippen LogP contribution in [0.4, 0.5) is 11.4 Å². The molecule has 3 rings (SSSR count). The van der Waals surface area contributed by atoms with Crippen molar-refractivity contribution < 1.29 is 9.59 Å². The van der Waals surface area contributed by atoms with Gasteiger partial charge in [-0.1, -0.05) is 30.3 Å². The SMILES string of the molecule is CN[C@@H](C)C(=O)N[C@@H](C)C(=O)N1CCC[C@H]1c1cccc(Nc2ccccc2C)c1. The van der Waals surface area contributed by atoms with Gasteiger partial charge in [-0.2, -0.15) is 0 Å². The van der Waals surface area contributed by atoms with Crippen LogP contribution in [0.15, 0.2) is 48.5 Å². The van der Waals surface area contributed by atoms with Crippen LogP contribution in [0.1, 0.15) is 43.9 Å². The molecule has 1 aliphatic heterocycles. The van der Waals surface area contributed by atoms with Crippen molar-refractivity contribution in [3.8, 4) is 0 Å². The minimum absolute atomic E-state index is 0.0252. The van der Waals surface area contributed by atoms with Crippen LogP contribution < -0.4 is 16.0 Å². The van der Waals surface area contributed by atoms with Gasteiger partial charge in [-0.3, -0.25) is 9.59 Å². The molecule has 2 aromatic carbocycles. The van der Waals surface area contributed by atoms with Gasteiger partial charge in [-0.05, 0) is 70.0 Å². The number of carbonyl (C=O) groups is 2. The van der Waals surface area contributed by atoms with Crippen molar-refractivity contribution in [3.05, 3.63) is 59.7 Å². The van der Waals surface area contributed by atoms with E-state index < -0.39 is 6.04 Å². The highest BCUT2D eigenvalue weighted by molar-refractivity contribution is 5.89. The number of benzene rings is 2. The number of aryl methyl sites for hydroxylation is 1. The number of likely N-dealkylation sites (N-methyl/N-ethyl adjacent to an activating group) is 1. The smallest absolute Gasteiger partial charge is 0.245 e. The van der Waals surface area contributed by atoms with Crippen molar-refractivity contribution in [2.24, 2.45) is 0 Å². The molecule has 0 saturated carbocycles. The van der Waals surface area contributed by atoms with Crippen LogP contribution in [0.2, 0.25) is 0 Å². The molecule has 6 nitrogen and oxygen atoms in total. The number of anilines is 2. The first-order chi connectivity index (χ1) is 14.4. The van der Waals surface area contributed by atoms with E-state index in [1.165, 1.54) is 5.56 Å². The van der Waals surface area contributed by atoms with Crippen LogP contribution in [-0.2, 0) is 9.59 Å². The van der Waals surface area contributed by atoms with Crippen LogP contribution in [-0.4, -0.2) is 42.4 Å². The van der Waals surface area contributed by atoms with Gasteiger partial charge in [-0.25, -0.2) is 0 Å². The summed E-state index contributed by atoms with van der Waals surface area (Å²) in [6.07, 6.45) is 1.88. The second kappa shape index (κ2) is 9.76. The number of hydrogen-bond donors (Lipinski definition) is 3. The Labute approximate surface area is 179 Å². The highest BCUT2D eigenvalue weighted by Crippen LogP contribution is 2.34. The van der Waals surface area contributed by atoms with Gasteiger partial charge in [0.05, 0.1) is 12.1 Å². The van der Waals surface area contributed by atoms with E-state index in [0.29, 0.717) is 6.54 Å². The predicted octanol–water partition coefficient (Wildman–Crippen LogP) is 3.51. The molecule has 1 aliphatic rings. The highest BCUT2D eigenvalue weighted by Gasteiger charge is 2.33. The van der Waals surface area contributed by atoms with E-state index in [0.717, 1.165) is 29.8 Å². The summed E-state index contributed by atoms with van der Waals surface area (Å²) < 4.78 is 0. The Kier molecular flexibility index (Phi) is 7.11. The molecule has 2 amide bonds. The Morgan fingerprint density at radius 1 is 1.07 bits per heavy atom. The molecule has 0 bridgehead atoms. The van der Waals surface area contributed by atoms with Gasteiger partial charge >= 0.3 is 0 Å². The summed E-state index contributed by atoms with van der Waals surface area (Å²) in [6.45, 7) is 6.32. The Morgan fingerprint density at radius 3 is 2.57 bits per heavy atom. The standard InChI is InChI=1S/C24H32N4O2/c1-16-9-5-6-12-21(16)27-20-11-7-10-19(15-20)22-13-8-14-28(22)24(30)18(3)26-23(29)17(2)25-4/h5-7,9-12,15,17-18,22,25,27H,8,13-14H2,1-4H3,(H,26,29)/t17-,18-,22-/m0/s1. The topological polar surface area (TPSA) is 73.5 Å². The molecular formula is C24H32N4O2. The molecule has 0 spiro atoms. The number of nitrogens with one attached hydrogen (secondary N) is 3. The number of carbonyl (C=O) groups excluding carboxylic acids is 2. The molecule has 2 aromatic rings. The number of nitrogens with zero attached hydrogens (tertiary/aromatic N) is 1. The van der Waals surface area contributed by atoms with E-state index in [9.17, 15) is 9.59 Å². The molecule has 0 unspecified atom stereocenters. The fourth-order valence-electron chi connectivity index (χ4n) is 3.85. The van der Waals surface area contributed by atoms with Crippen molar-refractivity contribution in [3.63, 3.8) is 0 Å². The van der Waals surface area contributed by atoms with E-state index in [1.54, 1.807) is 20.9 Å². The Balaban J connectivity index is 1.73. The zero-order chi connectivity index (χ0) is 21.7. The highest BCUT2D eigenvalue weighted by atomic mass is 16.2. The molecule has 1 heterocycles. The largest absolute Gasteiger partial charge is 0.355 e. The second-order valence-electron chi connectivity index (χ2n) is 8.00. The molecule has 3 atom stereocenters. The van der Waals surface area contributed by atoms with Gasteiger partial charge in [0.1, 0.15) is 6.04 Å². The van der Waals surface area contributed by atoms with Crippen molar-refractivity contribution in [2.45, 2.75) is 51.7 Å². The van der Waals surface area contributed by atoms with Crippen molar-refractivity contribution in [2.75, 3.05) is 18.9 Å². The maximum absolute atomic E-state index is 13.1. The van der Waals surface area contributed by atoms with E-state index in [4.69, 9.17) is 0 Å².